The molecule has 0 amide bonds. The van der Waals surface area contributed by atoms with Gasteiger partial charge in [-0.2, -0.15) is 0 Å². The molecule has 4 heterocycles. The molecule has 4 nitrogen and oxygen atoms in total. The smallest absolute Gasteiger partial charge is 0.119 e. The van der Waals surface area contributed by atoms with Gasteiger partial charge in [0.15, 0.2) is 0 Å². The van der Waals surface area contributed by atoms with E-state index in [0.717, 1.165) is 41.7 Å². The summed E-state index contributed by atoms with van der Waals surface area (Å²) in [4.78, 5) is 6.86. The number of rotatable bonds is 4. The molecule has 142 valence electrons. The number of piperidine rings is 3. The first-order chi connectivity index (χ1) is 11.7. The van der Waals surface area contributed by atoms with E-state index in [-0.39, 0.29) is 30.9 Å². The number of aliphatic hydroxyl groups is 1. The van der Waals surface area contributed by atoms with Crippen LogP contribution in [-0.2, 0) is 0 Å². The second-order valence-electron chi connectivity index (χ2n) is 6.97. The first-order valence-corrected chi connectivity index (χ1v) is 8.68. The van der Waals surface area contributed by atoms with E-state index in [4.69, 9.17) is 4.74 Å². The van der Waals surface area contributed by atoms with Crippen LogP contribution in [0.1, 0.15) is 24.5 Å². The molecule has 5 atom stereocenters. The molecule has 3 fully saturated rings. The molecular formula is C20H26Cl2N2O2. The topological polar surface area (TPSA) is 45.6 Å². The van der Waals surface area contributed by atoms with Gasteiger partial charge in [0, 0.05) is 24.2 Å². The Labute approximate surface area is 167 Å². The van der Waals surface area contributed by atoms with Gasteiger partial charge < -0.3 is 9.84 Å². The molecule has 1 N–H and O–H groups in total. The highest BCUT2D eigenvalue weighted by molar-refractivity contribution is 5.85. The van der Waals surface area contributed by atoms with Crippen LogP contribution in [0.15, 0.2) is 43.1 Å². The summed E-state index contributed by atoms with van der Waals surface area (Å²) < 4.78 is 5.35. The number of fused-ring (bicyclic) bond motifs is 4. The average molecular weight is 397 g/mol. The van der Waals surface area contributed by atoms with Gasteiger partial charge in [-0.3, -0.25) is 9.88 Å². The zero-order valence-corrected chi connectivity index (χ0v) is 16.5. The molecule has 2 aromatic rings. The van der Waals surface area contributed by atoms with Crippen LogP contribution in [0.2, 0.25) is 0 Å². The minimum absolute atomic E-state index is 0. The van der Waals surface area contributed by atoms with Crippen LogP contribution < -0.4 is 4.74 Å². The van der Waals surface area contributed by atoms with Crippen LogP contribution in [-0.4, -0.2) is 41.2 Å². The number of hydrogen-bond acceptors (Lipinski definition) is 4. The SMILES string of the molecule is C=C[C@@H]1CN2CCC1C[C@@H]2C(O)c1ccnc2ccc(OC)cc12.Cl.Cl. The quantitative estimate of drug-likeness (QED) is 0.792. The summed E-state index contributed by atoms with van der Waals surface area (Å²) in [6, 6.07) is 7.96. The molecule has 0 radical (unpaired) electrons. The largest absolute Gasteiger partial charge is 0.497 e. The standard InChI is InChI=1S/C20H24N2O2.2ClH/c1-3-13-12-22-9-7-14(13)10-19(22)20(23)16-6-8-21-18-5-4-15(24-2)11-17(16)18;;/h3-6,8,11,13-14,19-20,23H,1,7,9-10,12H2,2H3;2*1H/t13-,14?,19-,20?;;/m1../s1. The maximum atomic E-state index is 11.2. The number of ether oxygens (including phenoxy) is 1. The third-order valence-corrected chi connectivity index (χ3v) is 5.82. The molecule has 3 aliphatic heterocycles. The third kappa shape index (κ3) is 3.56. The Morgan fingerprint density at radius 1 is 1.35 bits per heavy atom. The molecule has 5 rings (SSSR count). The summed E-state index contributed by atoms with van der Waals surface area (Å²) in [5.74, 6) is 2.01. The fourth-order valence-corrected chi connectivity index (χ4v) is 4.44. The van der Waals surface area contributed by atoms with E-state index >= 15 is 0 Å². The van der Waals surface area contributed by atoms with Crippen LogP contribution in [0.5, 0.6) is 5.75 Å². The first kappa shape index (κ1) is 21.0. The van der Waals surface area contributed by atoms with Gasteiger partial charge in [-0.05, 0) is 61.1 Å². The maximum Gasteiger partial charge on any atom is 0.119 e. The monoisotopic (exact) mass is 396 g/mol. The minimum Gasteiger partial charge on any atom is -0.497 e. The molecule has 6 heteroatoms. The molecule has 3 aliphatic rings. The third-order valence-electron chi connectivity index (χ3n) is 5.82. The maximum absolute atomic E-state index is 11.2. The number of halogens is 2. The number of aromatic nitrogens is 1. The molecule has 0 aliphatic carbocycles. The highest BCUT2D eigenvalue weighted by Crippen LogP contribution is 2.42. The summed E-state index contributed by atoms with van der Waals surface area (Å²) in [6.07, 6.45) is 5.62. The Bertz CT molecular complexity index is 771. The lowest BCUT2D eigenvalue weighted by molar-refractivity contribution is -0.0444. The lowest BCUT2D eigenvalue weighted by atomic mass is 9.73. The van der Waals surface area contributed by atoms with Crippen molar-refractivity contribution in [2.75, 3.05) is 20.2 Å². The minimum atomic E-state index is -0.504. The molecule has 3 unspecified atom stereocenters. The van der Waals surface area contributed by atoms with Gasteiger partial charge >= 0.3 is 0 Å². The summed E-state index contributed by atoms with van der Waals surface area (Å²) >= 11 is 0. The molecule has 3 saturated heterocycles. The zero-order chi connectivity index (χ0) is 16.7. The van der Waals surface area contributed by atoms with Crippen LogP contribution >= 0.6 is 24.8 Å². The summed E-state index contributed by atoms with van der Waals surface area (Å²) in [5, 5.41) is 12.1. The van der Waals surface area contributed by atoms with Crippen molar-refractivity contribution in [3.63, 3.8) is 0 Å². The molecule has 0 spiro atoms. The van der Waals surface area contributed by atoms with E-state index in [9.17, 15) is 5.11 Å². The van der Waals surface area contributed by atoms with E-state index in [2.05, 4.69) is 22.5 Å². The second kappa shape index (κ2) is 8.57. The van der Waals surface area contributed by atoms with E-state index < -0.39 is 6.10 Å². The highest BCUT2D eigenvalue weighted by Gasteiger charge is 2.42. The van der Waals surface area contributed by atoms with Crippen molar-refractivity contribution in [3.05, 3.63) is 48.7 Å². The lowest BCUT2D eigenvalue weighted by Crippen LogP contribution is -2.54. The Balaban J connectivity index is 0.00000121. The summed E-state index contributed by atoms with van der Waals surface area (Å²) in [7, 11) is 1.66. The van der Waals surface area contributed by atoms with Crippen LogP contribution in [0.4, 0.5) is 0 Å². The Morgan fingerprint density at radius 2 is 2.15 bits per heavy atom. The van der Waals surface area contributed by atoms with Crippen LogP contribution in [0, 0.1) is 11.8 Å². The van der Waals surface area contributed by atoms with E-state index in [1.54, 1.807) is 13.3 Å². The van der Waals surface area contributed by atoms with Gasteiger partial charge in [0.05, 0.1) is 18.7 Å². The van der Waals surface area contributed by atoms with Crippen molar-refractivity contribution in [1.29, 1.82) is 0 Å². The molecule has 2 bridgehead atoms. The lowest BCUT2D eigenvalue weighted by Gasteiger charge is -2.50. The van der Waals surface area contributed by atoms with Gasteiger partial charge in [-0.1, -0.05) is 6.08 Å². The molecule has 26 heavy (non-hydrogen) atoms. The predicted octanol–water partition coefficient (Wildman–Crippen LogP) is 4.02. The van der Waals surface area contributed by atoms with Crippen molar-refractivity contribution >= 4 is 35.7 Å². The number of nitrogens with zero attached hydrogens (tertiary/aromatic N) is 2. The van der Waals surface area contributed by atoms with Gasteiger partial charge in [-0.25, -0.2) is 0 Å². The van der Waals surface area contributed by atoms with E-state index in [0.29, 0.717) is 11.8 Å². The van der Waals surface area contributed by atoms with Crippen molar-refractivity contribution < 1.29 is 9.84 Å². The number of benzene rings is 1. The van der Waals surface area contributed by atoms with Crippen LogP contribution in [0.25, 0.3) is 10.9 Å². The fraction of sp³-hybridized carbons (Fsp3) is 0.450. The van der Waals surface area contributed by atoms with Crippen molar-refractivity contribution in [2.24, 2.45) is 11.8 Å². The Kier molecular flexibility index (Phi) is 6.92. The van der Waals surface area contributed by atoms with E-state index in [1.807, 2.05) is 24.3 Å². The molecule has 1 aromatic carbocycles. The van der Waals surface area contributed by atoms with Gasteiger partial charge in [0.1, 0.15) is 5.75 Å². The van der Waals surface area contributed by atoms with Crippen molar-refractivity contribution in [1.82, 2.24) is 9.88 Å². The van der Waals surface area contributed by atoms with Crippen molar-refractivity contribution in [3.8, 4) is 5.75 Å². The Morgan fingerprint density at radius 3 is 2.81 bits per heavy atom. The molecule has 0 saturated carbocycles. The van der Waals surface area contributed by atoms with Gasteiger partial charge in [0.2, 0.25) is 0 Å². The normalized spacial score (nSPS) is 27.9. The summed E-state index contributed by atoms with van der Waals surface area (Å²) in [5.41, 5.74) is 1.85. The van der Waals surface area contributed by atoms with Gasteiger partial charge in [0.25, 0.3) is 0 Å². The van der Waals surface area contributed by atoms with Crippen LogP contribution in [0.3, 0.4) is 0 Å². The predicted molar refractivity (Wildman–Crippen MR) is 110 cm³/mol. The van der Waals surface area contributed by atoms with E-state index in [1.165, 1.54) is 6.42 Å². The van der Waals surface area contributed by atoms with Gasteiger partial charge in [-0.15, -0.1) is 31.4 Å². The zero-order valence-electron chi connectivity index (χ0n) is 14.9. The number of hydrogen-bond donors (Lipinski definition) is 1. The number of methoxy groups -OCH3 is 1. The number of pyridine rings is 1. The Hall–Kier alpha value is -1.33. The molecule has 1 aromatic heterocycles. The summed E-state index contributed by atoms with van der Waals surface area (Å²) in [6.45, 7) is 6.07. The highest BCUT2D eigenvalue weighted by atomic mass is 35.5. The number of aliphatic hydroxyl groups excluding tert-OH is 1. The molecular weight excluding hydrogens is 371 g/mol. The first-order valence-electron chi connectivity index (χ1n) is 8.68. The van der Waals surface area contributed by atoms with Crippen molar-refractivity contribution in [2.45, 2.75) is 25.0 Å². The average Bonchev–Trinajstić information content (AvgIpc) is 2.66. The fourth-order valence-electron chi connectivity index (χ4n) is 4.44. The second-order valence-corrected chi connectivity index (χ2v) is 6.97.